The first kappa shape index (κ1) is 44.6. The van der Waals surface area contributed by atoms with Crippen LogP contribution >= 0.6 is 0 Å². The van der Waals surface area contributed by atoms with E-state index in [1.54, 1.807) is 44.9 Å². The van der Waals surface area contributed by atoms with Crippen molar-refractivity contribution < 1.29 is 58.9 Å². The van der Waals surface area contributed by atoms with Crippen molar-refractivity contribution in [2.45, 2.75) is 99.4 Å². The lowest BCUT2D eigenvalue weighted by molar-refractivity contribution is -0.160. The van der Waals surface area contributed by atoms with E-state index in [2.05, 4.69) is 10.4 Å². The Morgan fingerprint density at radius 2 is 1.61 bits per heavy atom. The third kappa shape index (κ3) is 8.75. The minimum Gasteiger partial charge on any atom is -0.507 e. The number of aromatic hydroxyl groups is 3. The number of hydrazone groups is 1. The summed E-state index contributed by atoms with van der Waals surface area (Å²) in [4.78, 5) is 40.3. The Balaban J connectivity index is 1.99. The number of carbonyl (C=O) groups is 3. The molecule has 0 aliphatic carbocycles. The highest BCUT2D eigenvalue weighted by Gasteiger charge is 2.50. The van der Waals surface area contributed by atoms with Gasteiger partial charge < -0.3 is 49.8 Å². The molecule has 0 aromatic heterocycles. The molecule has 57 heavy (non-hydrogen) atoms. The van der Waals surface area contributed by atoms with E-state index in [1.807, 2.05) is 13.8 Å². The van der Waals surface area contributed by atoms with Gasteiger partial charge in [0.25, 0.3) is 11.7 Å². The Kier molecular flexibility index (Phi) is 14.1. The summed E-state index contributed by atoms with van der Waals surface area (Å²) in [5.74, 6) is -8.38. The molecule has 15 heteroatoms. The number of benzene rings is 2. The normalized spacial score (nSPS) is 30.7. The molecule has 15 nitrogen and oxygen atoms in total. The molecule has 0 unspecified atom stereocenters. The van der Waals surface area contributed by atoms with Crippen LogP contribution in [0.15, 0.2) is 41.2 Å². The molecule has 0 fully saturated rings. The van der Waals surface area contributed by atoms with Crippen LogP contribution in [-0.2, 0) is 23.8 Å². The van der Waals surface area contributed by atoms with Crippen LogP contribution < -0.4 is 10.1 Å². The average Bonchev–Trinajstić information content (AvgIpc) is 3.44. The third-order valence-corrected chi connectivity index (χ3v) is 11.1. The Morgan fingerprint density at radius 1 is 0.965 bits per heavy atom. The SMILES string of the molecule is CCN(CC)/N=C/c1c2c(O)c3c(O)c(C)c4c(c3c1O)C(=O)[C@@](C)(O/C=C/[C@H](OC)[C@@H](C)[C@@H](OC(C)=O)[C@H](C)[C@@H](O)[C@H](C)[C@@H](O)[C@@H](C)/C=C/C=C(/C)C(=O)N2)O4. The van der Waals surface area contributed by atoms with E-state index >= 15 is 0 Å². The zero-order chi connectivity index (χ0) is 42.7. The summed E-state index contributed by atoms with van der Waals surface area (Å²) in [6.45, 7) is 17.2. The van der Waals surface area contributed by atoms with Crippen LogP contribution in [0.2, 0.25) is 0 Å². The molecule has 0 saturated carbocycles. The van der Waals surface area contributed by atoms with E-state index in [9.17, 15) is 39.9 Å². The summed E-state index contributed by atoms with van der Waals surface area (Å²) in [6, 6.07) is 0. The zero-order valence-corrected chi connectivity index (χ0v) is 34.5. The maximum atomic E-state index is 14.4. The number of rotatable bonds is 6. The second-order valence-corrected chi connectivity index (χ2v) is 15.0. The highest BCUT2D eigenvalue weighted by Crippen LogP contribution is 2.55. The number of hydrogen-bond donors (Lipinski definition) is 6. The van der Waals surface area contributed by atoms with Gasteiger partial charge in [-0.1, -0.05) is 45.9 Å². The molecule has 3 heterocycles. The zero-order valence-electron chi connectivity index (χ0n) is 34.5. The largest absolute Gasteiger partial charge is 0.507 e. The van der Waals surface area contributed by atoms with Gasteiger partial charge in [-0.05, 0) is 33.8 Å². The number of ketones is 1. The van der Waals surface area contributed by atoms with Crippen molar-refractivity contribution in [2.75, 3.05) is 25.5 Å². The maximum absolute atomic E-state index is 14.4. The van der Waals surface area contributed by atoms with Gasteiger partial charge in [0, 0.05) is 74.2 Å². The molecule has 2 aromatic rings. The lowest BCUT2D eigenvalue weighted by Gasteiger charge is -2.38. The summed E-state index contributed by atoms with van der Waals surface area (Å²) >= 11 is 0. The van der Waals surface area contributed by atoms with E-state index in [0.717, 1.165) is 0 Å². The van der Waals surface area contributed by atoms with Crippen molar-refractivity contribution in [3.8, 4) is 23.0 Å². The number of phenols is 3. The molecule has 0 radical (unpaired) electrons. The molecule has 5 rings (SSSR count). The van der Waals surface area contributed by atoms with Crippen molar-refractivity contribution >= 4 is 40.3 Å². The van der Waals surface area contributed by atoms with Crippen LogP contribution in [0, 0.1) is 30.6 Å². The van der Waals surface area contributed by atoms with Gasteiger partial charge >= 0.3 is 11.8 Å². The quantitative estimate of drug-likeness (QED) is 0.0708. The van der Waals surface area contributed by atoms with Crippen molar-refractivity contribution in [1.82, 2.24) is 5.01 Å². The summed E-state index contributed by atoms with van der Waals surface area (Å²) in [6.07, 6.45) is 4.79. The van der Waals surface area contributed by atoms with Gasteiger partial charge in [-0.15, -0.1) is 0 Å². The summed E-state index contributed by atoms with van der Waals surface area (Å²) < 4.78 is 23.5. The molecular formula is C42H57N3O12. The second-order valence-electron chi connectivity index (χ2n) is 15.0. The number of anilines is 1. The van der Waals surface area contributed by atoms with Crippen LogP contribution in [0.1, 0.15) is 83.8 Å². The number of Topliss-reactive ketones (excluding diaryl/α,β-unsaturated/α-hetero) is 1. The van der Waals surface area contributed by atoms with Gasteiger partial charge in [0.1, 0.15) is 23.4 Å². The molecule has 0 saturated heterocycles. The second kappa shape index (κ2) is 18.0. The van der Waals surface area contributed by atoms with Crippen molar-refractivity contribution in [2.24, 2.45) is 28.8 Å². The number of ether oxygens (including phenoxy) is 4. The predicted octanol–water partition coefficient (Wildman–Crippen LogP) is 5.43. The van der Waals surface area contributed by atoms with E-state index in [4.69, 9.17) is 18.9 Å². The molecule has 3 aliphatic heterocycles. The van der Waals surface area contributed by atoms with Crippen LogP contribution in [0.25, 0.3) is 10.8 Å². The first-order valence-electron chi connectivity index (χ1n) is 19.1. The number of amides is 1. The highest BCUT2D eigenvalue weighted by molar-refractivity contribution is 6.23. The lowest BCUT2D eigenvalue weighted by atomic mass is 9.78. The number of carbonyl (C=O) groups excluding carboxylic acids is 3. The Bertz CT molecular complexity index is 1990. The predicted molar refractivity (Wildman–Crippen MR) is 214 cm³/mol. The van der Waals surface area contributed by atoms with Gasteiger partial charge in [0.2, 0.25) is 0 Å². The fraction of sp³-hybridized carbons (Fsp3) is 0.524. The molecule has 6 N–H and O–H groups in total. The monoisotopic (exact) mass is 795 g/mol. The Hall–Kier alpha value is -5.12. The van der Waals surface area contributed by atoms with Gasteiger partial charge in [-0.3, -0.25) is 19.4 Å². The van der Waals surface area contributed by atoms with Crippen LogP contribution in [0.5, 0.6) is 23.0 Å². The van der Waals surface area contributed by atoms with E-state index in [1.165, 1.54) is 59.4 Å². The number of hydrogen-bond acceptors (Lipinski definition) is 14. The number of fused-ring (bicyclic) bond motifs is 14. The average molecular weight is 796 g/mol. The number of allylic oxidation sites excluding steroid dienone is 2. The smallest absolute Gasteiger partial charge is 0.312 e. The fourth-order valence-corrected chi connectivity index (χ4v) is 7.40. The molecule has 1 amide bonds. The van der Waals surface area contributed by atoms with Gasteiger partial charge in [0.15, 0.2) is 5.75 Å². The van der Waals surface area contributed by atoms with E-state index in [-0.39, 0.29) is 44.5 Å². The van der Waals surface area contributed by atoms with Crippen molar-refractivity contribution in [3.05, 3.63) is 52.8 Å². The number of phenolic OH excluding ortho intramolecular Hbond substituents is 3. The Morgan fingerprint density at radius 3 is 2.21 bits per heavy atom. The lowest BCUT2D eigenvalue weighted by Crippen LogP contribution is -2.46. The molecule has 3 aliphatic rings. The summed E-state index contributed by atoms with van der Waals surface area (Å²) in [5, 5.41) is 66.3. The fourth-order valence-electron chi connectivity index (χ4n) is 7.40. The number of aliphatic hydroxyl groups excluding tert-OH is 2. The topological polar surface area (TPSA) is 217 Å². The van der Waals surface area contributed by atoms with Crippen molar-refractivity contribution in [3.63, 3.8) is 0 Å². The molecule has 312 valence electrons. The number of nitrogens with one attached hydrogen (secondary N) is 1. The number of nitrogens with zero attached hydrogens (tertiary/aromatic N) is 2. The van der Waals surface area contributed by atoms with Gasteiger partial charge in [-0.25, -0.2) is 0 Å². The van der Waals surface area contributed by atoms with E-state index in [0.29, 0.717) is 13.1 Å². The summed E-state index contributed by atoms with van der Waals surface area (Å²) in [5.41, 5.74) is -0.392. The molecular weight excluding hydrogens is 738 g/mol. The molecule has 0 spiro atoms. The van der Waals surface area contributed by atoms with Crippen molar-refractivity contribution in [1.29, 1.82) is 0 Å². The molecule has 5 bridgehead atoms. The van der Waals surface area contributed by atoms with Crippen LogP contribution in [0.3, 0.4) is 0 Å². The first-order chi connectivity index (χ1) is 26.8. The standard InChI is InChI=1S/C42H57N3O12/c1-12-45(13-2)43-19-27-32-37(51)30-29(36(27)50)31-39(25(8)35(30)49)57-42(10,40(31)52)55-18-17-28(54-11)22(5)38(56-26(9)46)24(7)34(48)23(6)33(47)20(3)15-14-16-21(4)41(53)44-32/h14-20,22-24,28,33-34,38,47-51H,12-13H2,1-11H3,(H,44,53)/b15-14+,18-17+,21-16-,43-19+/t20-,22+,23+,24+,28-,33-,34-,38+,42-/m0/s1. The van der Waals surface area contributed by atoms with E-state index < -0.39 is 88.8 Å². The number of aliphatic hydroxyl groups is 2. The molecule has 2 aromatic carbocycles. The van der Waals surface area contributed by atoms with Gasteiger partial charge in [0.05, 0.1) is 53.0 Å². The summed E-state index contributed by atoms with van der Waals surface area (Å²) in [7, 11) is 1.43. The van der Waals surface area contributed by atoms with Crippen LogP contribution in [0.4, 0.5) is 5.69 Å². The molecule has 9 atom stereocenters. The number of methoxy groups -OCH3 is 1. The van der Waals surface area contributed by atoms with Gasteiger partial charge in [-0.2, -0.15) is 5.10 Å². The number of esters is 1. The Labute approximate surface area is 333 Å². The highest BCUT2D eigenvalue weighted by atomic mass is 16.7. The third-order valence-electron chi connectivity index (χ3n) is 11.1. The minimum atomic E-state index is -2.04. The maximum Gasteiger partial charge on any atom is 0.312 e. The van der Waals surface area contributed by atoms with Crippen LogP contribution in [-0.4, -0.2) is 105 Å². The minimum absolute atomic E-state index is 0.0520. The first-order valence-corrected chi connectivity index (χ1v) is 19.1.